The summed E-state index contributed by atoms with van der Waals surface area (Å²) < 4.78 is 4.95. The van der Waals surface area contributed by atoms with Gasteiger partial charge >= 0.3 is 5.69 Å². The van der Waals surface area contributed by atoms with Crippen molar-refractivity contribution in [2.75, 3.05) is 12.4 Å². The van der Waals surface area contributed by atoms with E-state index in [4.69, 9.17) is 17.0 Å². The van der Waals surface area contributed by atoms with Gasteiger partial charge in [-0.1, -0.05) is 20.8 Å². The molecule has 1 amide bonds. The Morgan fingerprint density at radius 1 is 1.41 bits per heavy atom. The summed E-state index contributed by atoms with van der Waals surface area (Å²) in [5.41, 5.74) is 1.56. The number of thiocarbonyl (C=S) groups is 1. The van der Waals surface area contributed by atoms with Crippen molar-refractivity contribution in [2.45, 2.75) is 40.0 Å². The molecule has 1 heterocycles. The average molecular weight is 473 g/mol. The van der Waals surface area contributed by atoms with E-state index in [9.17, 15) is 20.2 Å². The van der Waals surface area contributed by atoms with E-state index in [1.165, 1.54) is 35.5 Å². The van der Waals surface area contributed by atoms with Crippen LogP contribution in [-0.2, 0) is 12.8 Å². The van der Waals surface area contributed by atoms with Crippen molar-refractivity contribution in [1.29, 1.82) is 5.26 Å². The molecule has 1 aliphatic rings. The van der Waals surface area contributed by atoms with Crippen molar-refractivity contribution < 1.29 is 14.5 Å². The van der Waals surface area contributed by atoms with Gasteiger partial charge in [-0.15, -0.1) is 11.3 Å². The molecule has 0 spiro atoms. The van der Waals surface area contributed by atoms with Gasteiger partial charge in [0, 0.05) is 16.5 Å². The molecule has 0 unspecified atom stereocenters. The van der Waals surface area contributed by atoms with E-state index in [-0.39, 0.29) is 27.5 Å². The van der Waals surface area contributed by atoms with E-state index < -0.39 is 10.8 Å². The topological polar surface area (TPSA) is 117 Å². The Hall–Kier alpha value is -3.03. The Labute approximate surface area is 195 Å². The molecule has 0 saturated carbocycles. The summed E-state index contributed by atoms with van der Waals surface area (Å²) in [5.74, 6) is -0.00456. The first-order valence-electron chi connectivity index (χ1n) is 10.0. The third-order valence-corrected chi connectivity index (χ3v) is 7.07. The lowest BCUT2D eigenvalue weighted by Gasteiger charge is -2.33. The minimum atomic E-state index is -0.619. The van der Waals surface area contributed by atoms with Gasteiger partial charge in [0.05, 0.1) is 17.6 Å². The highest BCUT2D eigenvalue weighted by Gasteiger charge is 2.32. The number of nitro benzene ring substituents is 1. The maximum atomic E-state index is 12.6. The Balaban J connectivity index is 1.75. The highest BCUT2D eigenvalue weighted by molar-refractivity contribution is 7.80. The number of carbonyl (C=O) groups excluding carboxylic acids is 1. The predicted molar refractivity (Wildman–Crippen MR) is 127 cm³/mol. The number of thiophene rings is 1. The van der Waals surface area contributed by atoms with Crippen LogP contribution < -0.4 is 15.4 Å². The van der Waals surface area contributed by atoms with E-state index >= 15 is 0 Å². The second-order valence-corrected chi connectivity index (χ2v) is 10.2. The highest BCUT2D eigenvalue weighted by atomic mass is 32.1. The first-order valence-corrected chi connectivity index (χ1v) is 11.3. The van der Waals surface area contributed by atoms with Crippen molar-refractivity contribution in [3.63, 3.8) is 0 Å². The fourth-order valence-electron chi connectivity index (χ4n) is 3.82. The summed E-state index contributed by atoms with van der Waals surface area (Å²) in [6, 6.07) is 6.17. The van der Waals surface area contributed by atoms with Crippen LogP contribution in [0.15, 0.2) is 18.2 Å². The summed E-state index contributed by atoms with van der Waals surface area (Å²) in [5, 5.41) is 27.0. The summed E-state index contributed by atoms with van der Waals surface area (Å²) in [6.45, 7) is 6.69. The lowest BCUT2D eigenvalue weighted by molar-refractivity contribution is -0.385. The van der Waals surface area contributed by atoms with Crippen molar-refractivity contribution in [1.82, 2.24) is 5.32 Å². The van der Waals surface area contributed by atoms with Crippen molar-refractivity contribution in [3.05, 3.63) is 49.9 Å². The molecular formula is C22H24N4O4S2. The van der Waals surface area contributed by atoms with Crippen LogP contribution in [-0.4, -0.2) is 23.1 Å². The molecule has 0 bridgehead atoms. The zero-order valence-corrected chi connectivity index (χ0v) is 19.9. The fraction of sp³-hybridized carbons (Fsp3) is 0.409. The number of hydrogen-bond acceptors (Lipinski definition) is 7. The molecule has 1 aromatic carbocycles. The van der Waals surface area contributed by atoms with Crippen molar-refractivity contribution >= 4 is 45.3 Å². The number of benzene rings is 1. The molecule has 0 radical (unpaired) electrons. The quantitative estimate of drug-likeness (QED) is 0.372. The zero-order chi connectivity index (χ0) is 23.6. The first kappa shape index (κ1) is 23.6. The van der Waals surface area contributed by atoms with E-state index in [0.29, 0.717) is 16.5 Å². The van der Waals surface area contributed by atoms with Gasteiger partial charge in [-0.05, 0) is 60.5 Å². The second kappa shape index (κ2) is 9.22. The minimum Gasteiger partial charge on any atom is -0.490 e. The van der Waals surface area contributed by atoms with Crippen LogP contribution in [0.4, 0.5) is 10.7 Å². The smallest absolute Gasteiger partial charge is 0.311 e. The molecular weight excluding hydrogens is 448 g/mol. The SMILES string of the molecule is COc1ccc(C(=O)NC(=S)Nc2sc3c(c2C#N)CC[C@H](C(C)(C)C)C3)cc1[N+](=O)[O-]. The van der Waals surface area contributed by atoms with Gasteiger partial charge in [0.2, 0.25) is 0 Å². The Morgan fingerprint density at radius 3 is 2.72 bits per heavy atom. The molecule has 1 aromatic heterocycles. The van der Waals surface area contributed by atoms with Crippen LogP contribution in [0.1, 0.15) is 53.6 Å². The number of methoxy groups -OCH3 is 1. The maximum Gasteiger partial charge on any atom is 0.311 e. The number of nitriles is 1. The molecule has 2 N–H and O–H groups in total. The third-order valence-electron chi connectivity index (χ3n) is 5.69. The van der Waals surface area contributed by atoms with Gasteiger partial charge in [0.1, 0.15) is 11.1 Å². The second-order valence-electron chi connectivity index (χ2n) is 8.68. The Kier molecular flexibility index (Phi) is 6.81. The minimum absolute atomic E-state index is 0.0240. The van der Waals surface area contributed by atoms with Crippen LogP contribution in [0.2, 0.25) is 0 Å². The summed E-state index contributed by atoms with van der Waals surface area (Å²) in [4.78, 5) is 24.3. The van der Waals surface area contributed by atoms with Gasteiger partial charge in [-0.2, -0.15) is 5.26 Å². The normalized spacial score (nSPS) is 15.3. The molecule has 2 aromatic rings. The zero-order valence-electron chi connectivity index (χ0n) is 18.3. The van der Waals surface area contributed by atoms with Gasteiger partial charge in [0.25, 0.3) is 5.91 Å². The van der Waals surface area contributed by atoms with Crippen LogP contribution in [0, 0.1) is 32.8 Å². The number of nitrogens with zero attached hydrogens (tertiary/aromatic N) is 2. The third kappa shape index (κ3) is 4.89. The van der Waals surface area contributed by atoms with E-state index in [0.717, 1.165) is 30.9 Å². The molecule has 3 rings (SSSR count). The van der Waals surface area contributed by atoms with Gasteiger partial charge in [-0.3, -0.25) is 20.2 Å². The molecule has 32 heavy (non-hydrogen) atoms. The average Bonchev–Trinajstić information content (AvgIpc) is 3.08. The number of carbonyl (C=O) groups is 1. The fourth-order valence-corrected chi connectivity index (χ4v) is 5.36. The molecule has 10 heteroatoms. The van der Waals surface area contributed by atoms with Gasteiger partial charge < -0.3 is 10.1 Å². The number of anilines is 1. The van der Waals surface area contributed by atoms with Crippen molar-refractivity contribution in [2.24, 2.45) is 11.3 Å². The van der Waals surface area contributed by atoms with Gasteiger partial charge in [0.15, 0.2) is 10.9 Å². The first-order chi connectivity index (χ1) is 15.0. The molecule has 1 aliphatic carbocycles. The number of nitrogens with one attached hydrogen (secondary N) is 2. The van der Waals surface area contributed by atoms with Crippen LogP contribution in [0.3, 0.4) is 0 Å². The number of amides is 1. The number of rotatable bonds is 4. The summed E-state index contributed by atoms with van der Waals surface area (Å²) in [7, 11) is 1.32. The number of fused-ring (bicyclic) bond motifs is 1. The lowest BCUT2D eigenvalue weighted by Crippen LogP contribution is -2.34. The molecule has 168 valence electrons. The van der Waals surface area contributed by atoms with E-state index in [2.05, 4.69) is 37.5 Å². The largest absolute Gasteiger partial charge is 0.490 e. The molecule has 0 fully saturated rings. The van der Waals surface area contributed by atoms with Crippen LogP contribution in [0.5, 0.6) is 5.75 Å². The van der Waals surface area contributed by atoms with E-state index in [1.807, 2.05) is 0 Å². The Bertz CT molecular complexity index is 1130. The van der Waals surface area contributed by atoms with Crippen LogP contribution in [0.25, 0.3) is 0 Å². The van der Waals surface area contributed by atoms with Gasteiger partial charge in [-0.25, -0.2) is 0 Å². The summed E-state index contributed by atoms with van der Waals surface area (Å²) in [6.07, 6.45) is 2.78. The molecule has 1 atom stereocenters. The lowest BCUT2D eigenvalue weighted by atomic mass is 9.72. The van der Waals surface area contributed by atoms with E-state index in [1.54, 1.807) is 0 Å². The Morgan fingerprint density at radius 2 is 2.12 bits per heavy atom. The molecule has 0 aliphatic heterocycles. The summed E-state index contributed by atoms with van der Waals surface area (Å²) >= 11 is 6.76. The number of nitro groups is 1. The number of ether oxygens (including phenoxy) is 1. The predicted octanol–water partition coefficient (Wildman–Crippen LogP) is 4.81. The standard InChI is InChI=1S/C22H24N4O4S2/c1-22(2,3)13-6-7-14-15(11-23)20(32-18(14)10-13)25-21(31)24-19(27)12-5-8-17(30-4)16(9-12)26(28)29/h5,8-9,13H,6-7,10H2,1-4H3,(H2,24,25,27,31)/t13-/m0/s1. The van der Waals surface area contributed by atoms with Crippen molar-refractivity contribution in [3.8, 4) is 11.8 Å². The molecule has 0 saturated heterocycles. The van der Waals surface area contributed by atoms with Crippen LogP contribution >= 0.6 is 23.6 Å². The highest BCUT2D eigenvalue weighted by Crippen LogP contribution is 2.44. The maximum absolute atomic E-state index is 12.6. The molecule has 8 nitrogen and oxygen atoms in total. The monoisotopic (exact) mass is 472 g/mol. The number of hydrogen-bond donors (Lipinski definition) is 2.